The van der Waals surface area contributed by atoms with E-state index < -0.39 is 4.92 Å². The molecule has 0 bridgehead atoms. The van der Waals surface area contributed by atoms with Gasteiger partial charge in [-0.1, -0.05) is 42.5 Å². The van der Waals surface area contributed by atoms with Gasteiger partial charge in [-0.2, -0.15) is 0 Å². The molecule has 0 aliphatic carbocycles. The summed E-state index contributed by atoms with van der Waals surface area (Å²) in [5.74, 6) is -0.200. The van der Waals surface area contributed by atoms with E-state index in [9.17, 15) is 14.9 Å². The van der Waals surface area contributed by atoms with E-state index in [4.69, 9.17) is 4.98 Å². The Bertz CT molecular complexity index is 1570. The number of pyridine rings is 1. The predicted molar refractivity (Wildman–Crippen MR) is 146 cm³/mol. The van der Waals surface area contributed by atoms with E-state index in [2.05, 4.69) is 27.9 Å². The molecule has 1 heterocycles. The Hall–Kier alpha value is -4.11. The summed E-state index contributed by atoms with van der Waals surface area (Å²) in [4.78, 5) is 28.5. The van der Waals surface area contributed by atoms with Gasteiger partial charge in [0.1, 0.15) is 0 Å². The summed E-state index contributed by atoms with van der Waals surface area (Å²) in [6, 6.07) is 31.3. The highest BCUT2D eigenvalue weighted by molar-refractivity contribution is 14.1. The minimum Gasteiger partial charge on any atom is -0.321 e. The molecule has 170 valence electrons. The van der Waals surface area contributed by atoms with Gasteiger partial charge in [0.25, 0.3) is 11.6 Å². The topological polar surface area (TPSA) is 85.1 Å². The van der Waals surface area contributed by atoms with E-state index in [0.29, 0.717) is 11.3 Å². The quantitative estimate of drug-likeness (QED) is 0.136. The van der Waals surface area contributed by atoms with Gasteiger partial charge < -0.3 is 5.32 Å². The monoisotopic (exact) mass is 571 g/mol. The molecule has 0 atom stereocenters. The number of carbonyl (C=O) groups is 1. The molecular weight excluding hydrogens is 553 g/mol. The number of hydrogen-bond donors (Lipinski definition) is 1. The maximum absolute atomic E-state index is 13.0. The van der Waals surface area contributed by atoms with Gasteiger partial charge in [0.05, 0.1) is 21.8 Å². The normalized spacial score (nSPS) is 10.8. The van der Waals surface area contributed by atoms with Crippen molar-refractivity contribution >= 4 is 50.8 Å². The highest BCUT2D eigenvalue weighted by Gasteiger charge is 2.14. The molecule has 0 aliphatic rings. The molecule has 0 fully saturated rings. The number of nitro groups is 1. The fourth-order valence-electron chi connectivity index (χ4n) is 3.88. The fourth-order valence-corrected chi connectivity index (χ4v) is 4.40. The van der Waals surface area contributed by atoms with Gasteiger partial charge in [-0.05, 0) is 82.2 Å². The summed E-state index contributed by atoms with van der Waals surface area (Å²) < 4.78 is 0.957. The first-order chi connectivity index (χ1) is 17.0. The van der Waals surface area contributed by atoms with Gasteiger partial charge in [0, 0.05) is 32.2 Å². The number of hydrogen-bond acceptors (Lipinski definition) is 4. The van der Waals surface area contributed by atoms with E-state index in [-0.39, 0.29) is 11.6 Å². The SMILES string of the molecule is O=C(Nc1ccccc1I)c1ccc2nc(-c3ccc([N+](=O)[O-])cc3)cc(-c3ccccc3)c2c1. The Morgan fingerprint density at radius 1 is 0.829 bits per heavy atom. The number of amides is 1. The Kier molecular flexibility index (Phi) is 6.24. The van der Waals surface area contributed by atoms with Crippen LogP contribution in [0, 0.1) is 13.7 Å². The summed E-state index contributed by atoms with van der Waals surface area (Å²) in [5.41, 5.74) is 5.42. The Morgan fingerprint density at radius 3 is 2.26 bits per heavy atom. The Balaban J connectivity index is 1.61. The molecule has 0 spiro atoms. The zero-order chi connectivity index (χ0) is 24.4. The van der Waals surface area contributed by atoms with Gasteiger partial charge >= 0.3 is 0 Å². The number of halogens is 1. The number of carbonyl (C=O) groups excluding carboxylic acids is 1. The van der Waals surface area contributed by atoms with Crippen molar-refractivity contribution in [3.63, 3.8) is 0 Å². The lowest BCUT2D eigenvalue weighted by Gasteiger charge is -2.12. The van der Waals surface area contributed by atoms with Crippen LogP contribution in [0.4, 0.5) is 11.4 Å². The Labute approximate surface area is 214 Å². The summed E-state index contributed by atoms with van der Waals surface area (Å²) in [6.45, 7) is 0. The van der Waals surface area contributed by atoms with E-state index in [1.165, 1.54) is 12.1 Å². The second-order valence-electron chi connectivity index (χ2n) is 7.89. The standard InChI is InChI=1S/C28H18IN3O3/c29-24-8-4-5-9-26(24)31-28(33)20-12-15-25-23(16-20)22(18-6-2-1-3-7-18)17-27(30-25)19-10-13-21(14-11-19)32(34)35/h1-17H,(H,31,33). The van der Waals surface area contributed by atoms with Crippen molar-refractivity contribution in [3.8, 4) is 22.4 Å². The minimum absolute atomic E-state index is 0.0292. The number of anilines is 1. The third kappa shape index (κ3) is 4.76. The van der Waals surface area contributed by atoms with Crippen LogP contribution in [0.1, 0.15) is 10.4 Å². The van der Waals surface area contributed by atoms with Crippen LogP contribution in [0.3, 0.4) is 0 Å². The number of non-ortho nitro benzene ring substituents is 1. The van der Waals surface area contributed by atoms with Crippen molar-refractivity contribution < 1.29 is 9.72 Å². The predicted octanol–water partition coefficient (Wildman–Crippen LogP) is 7.33. The number of rotatable bonds is 5. The highest BCUT2D eigenvalue weighted by atomic mass is 127. The zero-order valence-corrected chi connectivity index (χ0v) is 20.5. The smallest absolute Gasteiger partial charge is 0.269 e. The van der Waals surface area contributed by atoms with Gasteiger partial charge in [-0.25, -0.2) is 4.98 Å². The van der Waals surface area contributed by atoms with E-state index in [1.807, 2.05) is 72.8 Å². The maximum atomic E-state index is 13.0. The van der Waals surface area contributed by atoms with Crippen molar-refractivity contribution in [2.45, 2.75) is 0 Å². The largest absolute Gasteiger partial charge is 0.321 e. The number of aromatic nitrogens is 1. The van der Waals surface area contributed by atoms with Crippen LogP contribution in [0.2, 0.25) is 0 Å². The molecule has 0 saturated heterocycles. The molecule has 0 radical (unpaired) electrons. The lowest BCUT2D eigenvalue weighted by Crippen LogP contribution is -2.12. The van der Waals surface area contributed by atoms with Crippen molar-refractivity contribution in [1.29, 1.82) is 0 Å². The minimum atomic E-state index is -0.421. The average Bonchev–Trinajstić information content (AvgIpc) is 2.89. The van der Waals surface area contributed by atoms with Crippen molar-refractivity contribution in [2.75, 3.05) is 5.32 Å². The number of nitro benzene ring substituents is 1. The van der Waals surface area contributed by atoms with Gasteiger partial charge in [-0.15, -0.1) is 0 Å². The third-order valence-corrected chi connectivity index (χ3v) is 6.59. The first kappa shape index (κ1) is 22.7. The summed E-state index contributed by atoms with van der Waals surface area (Å²) in [6.07, 6.45) is 0. The average molecular weight is 571 g/mol. The summed E-state index contributed by atoms with van der Waals surface area (Å²) in [5, 5.41) is 14.9. The summed E-state index contributed by atoms with van der Waals surface area (Å²) >= 11 is 2.19. The van der Waals surface area contributed by atoms with E-state index >= 15 is 0 Å². The second kappa shape index (κ2) is 9.63. The van der Waals surface area contributed by atoms with Crippen molar-refractivity contribution in [1.82, 2.24) is 4.98 Å². The van der Waals surface area contributed by atoms with Crippen molar-refractivity contribution in [3.05, 3.63) is 122 Å². The van der Waals surface area contributed by atoms with Gasteiger partial charge in [-0.3, -0.25) is 14.9 Å². The lowest BCUT2D eigenvalue weighted by atomic mass is 9.97. The Morgan fingerprint density at radius 2 is 1.54 bits per heavy atom. The molecule has 4 aromatic carbocycles. The molecule has 1 amide bonds. The number of fused-ring (bicyclic) bond motifs is 1. The molecule has 0 saturated carbocycles. The first-order valence-corrected chi connectivity index (χ1v) is 11.9. The second-order valence-corrected chi connectivity index (χ2v) is 9.05. The number of nitrogens with one attached hydrogen (secondary N) is 1. The molecule has 5 rings (SSSR count). The van der Waals surface area contributed by atoms with Crippen LogP contribution in [0.15, 0.2) is 103 Å². The first-order valence-electron chi connectivity index (χ1n) is 10.8. The molecule has 5 aromatic rings. The molecule has 6 nitrogen and oxygen atoms in total. The van der Waals surface area contributed by atoms with Crippen LogP contribution in [0.5, 0.6) is 0 Å². The lowest BCUT2D eigenvalue weighted by molar-refractivity contribution is -0.384. The van der Waals surface area contributed by atoms with E-state index in [1.54, 1.807) is 18.2 Å². The highest BCUT2D eigenvalue weighted by Crippen LogP contribution is 2.33. The zero-order valence-electron chi connectivity index (χ0n) is 18.3. The maximum Gasteiger partial charge on any atom is 0.269 e. The van der Waals surface area contributed by atoms with Gasteiger partial charge in [0.2, 0.25) is 0 Å². The number of nitrogens with zero attached hydrogens (tertiary/aromatic N) is 2. The molecule has 0 unspecified atom stereocenters. The number of para-hydroxylation sites is 1. The van der Waals surface area contributed by atoms with Gasteiger partial charge in [0.15, 0.2) is 0 Å². The third-order valence-electron chi connectivity index (χ3n) is 5.65. The van der Waals surface area contributed by atoms with Crippen LogP contribution >= 0.6 is 22.6 Å². The van der Waals surface area contributed by atoms with Crippen molar-refractivity contribution in [2.24, 2.45) is 0 Å². The fraction of sp³-hybridized carbons (Fsp3) is 0. The van der Waals surface area contributed by atoms with E-state index in [0.717, 1.165) is 36.9 Å². The summed E-state index contributed by atoms with van der Waals surface area (Å²) in [7, 11) is 0. The van der Waals surface area contributed by atoms with Crippen LogP contribution < -0.4 is 5.32 Å². The molecule has 1 aromatic heterocycles. The van der Waals surface area contributed by atoms with Crippen LogP contribution in [0.25, 0.3) is 33.3 Å². The number of benzene rings is 4. The van der Waals surface area contributed by atoms with Crippen LogP contribution in [-0.4, -0.2) is 15.8 Å². The molecule has 1 N–H and O–H groups in total. The molecule has 0 aliphatic heterocycles. The molecule has 7 heteroatoms. The molecular formula is C28H18IN3O3. The molecule has 35 heavy (non-hydrogen) atoms. The van der Waals surface area contributed by atoms with Crippen LogP contribution in [-0.2, 0) is 0 Å².